The Kier molecular flexibility index (Phi) is 3.57. The van der Waals surface area contributed by atoms with Crippen LogP contribution < -0.4 is 10.1 Å². The van der Waals surface area contributed by atoms with E-state index in [4.69, 9.17) is 16.3 Å². The van der Waals surface area contributed by atoms with Crippen molar-refractivity contribution in [2.75, 3.05) is 12.4 Å². The number of halogens is 1. The van der Waals surface area contributed by atoms with Gasteiger partial charge in [0.1, 0.15) is 5.75 Å². The summed E-state index contributed by atoms with van der Waals surface area (Å²) in [7, 11) is 1.73. The van der Waals surface area contributed by atoms with Crippen molar-refractivity contribution in [3.63, 3.8) is 0 Å². The molecule has 1 aliphatic heterocycles. The second-order valence-electron chi connectivity index (χ2n) is 6.37. The molecule has 0 saturated heterocycles. The molecule has 0 spiro atoms. The van der Waals surface area contributed by atoms with Crippen LogP contribution in [0.25, 0.3) is 0 Å². The minimum atomic E-state index is 0.201. The summed E-state index contributed by atoms with van der Waals surface area (Å²) in [5.41, 5.74) is 4.96. The molecule has 1 aliphatic carbocycles. The molecule has 2 aromatic carbocycles. The number of methoxy groups -OCH3 is 1. The van der Waals surface area contributed by atoms with Gasteiger partial charge in [-0.1, -0.05) is 48.0 Å². The molecule has 0 amide bonds. The molecule has 0 bridgehead atoms. The predicted octanol–water partition coefficient (Wildman–Crippen LogP) is 5.48. The number of fused-ring (bicyclic) bond motifs is 3. The number of rotatable bonds is 2. The maximum absolute atomic E-state index is 6.49. The van der Waals surface area contributed by atoms with E-state index in [1.54, 1.807) is 7.11 Å². The third-order valence-electron chi connectivity index (χ3n) is 5.16. The van der Waals surface area contributed by atoms with E-state index in [1.807, 2.05) is 18.2 Å². The third kappa shape index (κ3) is 2.24. The largest absolute Gasteiger partial charge is 0.495 e. The summed E-state index contributed by atoms with van der Waals surface area (Å²) in [6, 6.07) is 12.5. The fraction of sp³-hybridized carbons (Fsp3) is 0.300. The zero-order chi connectivity index (χ0) is 16.0. The molecule has 2 aromatic rings. The Morgan fingerprint density at radius 2 is 2.00 bits per heavy atom. The zero-order valence-electron chi connectivity index (χ0n) is 13.3. The van der Waals surface area contributed by atoms with E-state index < -0.39 is 0 Å². The maximum atomic E-state index is 6.49. The summed E-state index contributed by atoms with van der Waals surface area (Å²) in [6.07, 6.45) is 5.72. The number of nitrogens with one attached hydrogen (secondary N) is 1. The number of hydrogen-bond acceptors (Lipinski definition) is 2. The predicted molar refractivity (Wildman–Crippen MR) is 95.5 cm³/mol. The lowest BCUT2D eigenvalue weighted by molar-refractivity contribution is 0.396. The highest BCUT2D eigenvalue weighted by molar-refractivity contribution is 6.31. The van der Waals surface area contributed by atoms with Crippen LogP contribution in [0.2, 0.25) is 5.02 Å². The highest BCUT2D eigenvalue weighted by Crippen LogP contribution is 2.53. The number of hydrogen-bond donors (Lipinski definition) is 1. The molecule has 1 heterocycles. The topological polar surface area (TPSA) is 21.3 Å². The molecule has 118 valence electrons. The number of anilines is 1. The third-order valence-corrected chi connectivity index (χ3v) is 5.50. The second kappa shape index (κ2) is 5.61. The molecule has 0 fully saturated rings. The number of aryl methyl sites for hydroxylation is 1. The van der Waals surface area contributed by atoms with Crippen molar-refractivity contribution in [2.24, 2.45) is 5.92 Å². The highest BCUT2D eigenvalue weighted by atomic mass is 35.5. The van der Waals surface area contributed by atoms with Crippen molar-refractivity contribution in [1.29, 1.82) is 0 Å². The van der Waals surface area contributed by atoms with Gasteiger partial charge in [-0.05, 0) is 48.1 Å². The van der Waals surface area contributed by atoms with E-state index in [2.05, 4.69) is 42.6 Å². The minimum Gasteiger partial charge on any atom is -0.495 e. The van der Waals surface area contributed by atoms with Gasteiger partial charge in [-0.3, -0.25) is 0 Å². The molecule has 4 rings (SSSR count). The molecule has 0 radical (unpaired) electrons. The van der Waals surface area contributed by atoms with E-state index in [1.165, 1.54) is 16.7 Å². The Balaban J connectivity index is 1.88. The second-order valence-corrected chi connectivity index (χ2v) is 6.78. The lowest BCUT2D eigenvalue weighted by atomic mass is 9.75. The van der Waals surface area contributed by atoms with Gasteiger partial charge in [-0.2, -0.15) is 0 Å². The summed E-state index contributed by atoms with van der Waals surface area (Å²) in [5.74, 6) is 1.82. The van der Waals surface area contributed by atoms with Gasteiger partial charge >= 0.3 is 0 Å². The van der Waals surface area contributed by atoms with Crippen LogP contribution in [0.4, 0.5) is 5.69 Å². The average molecular weight is 326 g/mol. The Hall–Kier alpha value is -1.93. The number of benzene rings is 2. The van der Waals surface area contributed by atoms with Crippen LogP contribution in [0.3, 0.4) is 0 Å². The molecule has 3 atom stereocenters. The first-order chi connectivity index (χ1) is 11.2. The van der Waals surface area contributed by atoms with Gasteiger partial charge < -0.3 is 10.1 Å². The molecule has 0 saturated carbocycles. The quantitative estimate of drug-likeness (QED) is 0.738. The van der Waals surface area contributed by atoms with Gasteiger partial charge in [0.15, 0.2) is 0 Å². The van der Waals surface area contributed by atoms with Crippen molar-refractivity contribution in [1.82, 2.24) is 0 Å². The summed E-state index contributed by atoms with van der Waals surface area (Å²) < 4.78 is 5.61. The van der Waals surface area contributed by atoms with Crippen LogP contribution in [-0.4, -0.2) is 7.11 Å². The van der Waals surface area contributed by atoms with Gasteiger partial charge in [-0.25, -0.2) is 0 Å². The van der Waals surface area contributed by atoms with Gasteiger partial charge in [0, 0.05) is 10.9 Å². The van der Waals surface area contributed by atoms with Crippen LogP contribution in [-0.2, 0) is 0 Å². The van der Waals surface area contributed by atoms with E-state index in [9.17, 15) is 0 Å². The van der Waals surface area contributed by atoms with Crippen LogP contribution in [0.5, 0.6) is 5.75 Å². The maximum Gasteiger partial charge on any atom is 0.142 e. The van der Waals surface area contributed by atoms with Gasteiger partial charge in [-0.15, -0.1) is 0 Å². The van der Waals surface area contributed by atoms with Crippen molar-refractivity contribution in [2.45, 2.75) is 25.3 Å². The fourth-order valence-electron chi connectivity index (χ4n) is 4.08. The average Bonchev–Trinajstić information content (AvgIpc) is 3.04. The van der Waals surface area contributed by atoms with Crippen LogP contribution in [0.1, 0.15) is 35.1 Å². The lowest BCUT2D eigenvalue weighted by Crippen LogP contribution is -2.30. The van der Waals surface area contributed by atoms with Gasteiger partial charge in [0.25, 0.3) is 0 Å². The first-order valence-electron chi connectivity index (χ1n) is 8.06. The standard InChI is InChI=1S/C20H20ClNO/c1-12-10-11-17(23-2)20-18(12)13-7-5-8-14(13)19(22-20)15-6-3-4-9-16(15)21/h3-7,9-11,13-14,19,22H,8H2,1-2H3/t13-,14+,19-/m0/s1. The molecular weight excluding hydrogens is 306 g/mol. The van der Waals surface area contributed by atoms with E-state index in [0.29, 0.717) is 11.8 Å². The normalized spacial score (nSPS) is 24.7. The van der Waals surface area contributed by atoms with Gasteiger partial charge in [0.2, 0.25) is 0 Å². The highest BCUT2D eigenvalue weighted by Gasteiger charge is 2.40. The zero-order valence-corrected chi connectivity index (χ0v) is 14.1. The Labute approximate surface area is 142 Å². The summed E-state index contributed by atoms with van der Waals surface area (Å²) >= 11 is 6.49. The molecule has 23 heavy (non-hydrogen) atoms. The summed E-state index contributed by atoms with van der Waals surface area (Å²) in [4.78, 5) is 0. The van der Waals surface area contributed by atoms with Crippen molar-refractivity contribution >= 4 is 17.3 Å². The molecule has 2 nitrogen and oxygen atoms in total. The first-order valence-corrected chi connectivity index (χ1v) is 8.43. The van der Waals surface area contributed by atoms with Gasteiger partial charge in [0.05, 0.1) is 18.8 Å². The molecule has 0 aromatic heterocycles. The molecule has 0 unspecified atom stereocenters. The molecule has 1 N–H and O–H groups in total. The van der Waals surface area contributed by atoms with Crippen LogP contribution in [0.15, 0.2) is 48.6 Å². The van der Waals surface area contributed by atoms with Crippen molar-refractivity contribution < 1.29 is 4.74 Å². The van der Waals surface area contributed by atoms with E-state index >= 15 is 0 Å². The number of allylic oxidation sites excluding steroid dienone is 2. The smallest absolute Gasteiger partial charge is 0.142 e. The first kappa shape index (κ1) is 14.6. The summed E-state index contributed by atoms with van der Waals surface area (Å²) in [5, 5.41) is 4.56. The molecular formula is C20H20ClNO. The summed E-state index contributed by atoms with van der Waals surface area (Å²) in [6.45, 7) is 2.18. The molecule has 2 aliphatic rings. The Morgan fingerprint density at radius 1 is 1.17 bits per heavy atom. The van der Waals surface area contributed by atoms with Crippen molar-refractivity contribution in [3.05, 3.63) is 70.3 Å². The molecule has 3 heteroatoms. The van der Waals surface area contributed by atoms with Crippen LogP contribution in [0, 0.1) is 12.8 Å². The van der Waals surface area contributed by atoms with Crippen molar-refractivity contribution in [3.8, 4) is 5.75 Å². The Morgan fingerprint density at radius 3 is 2.78 bits per heavy atom. The van der Waals surface area contributed by atoms with E-state index in [-0.39, 0.29) is 6.04 Å². The Bertz CT molecular complexity index is 783. The SMILES string of the molecule is COc1ccc(C)c2c1N[C@H](c1ccccc1Cl)[C@@H]1CC=C[C@H]21. The van der Waals surface area contributed by atoms with Crippen LogP contribution >= 0.6 is 11.6 Å². The minimum absolute atomic E-state index is 0.201. The monoisotopic (exact) mass is 325 g/mol. The lowest BCUT2D eigenvalue weighted by Gasteiger charge is -2.39. The van der Waals surface area contributed by atoms with E-state index in [0.717, 1.165) is 22.9 Å². The fourth-order valence-corrected chi connectivity index (χ4v) is 4.33. The number of ether oxygens (including phenoxy) is 1.